The number of nitrogens with one attached hydrogen (secondary N) is 1. The highest BCUT2D eigenvalue weighted by Gasteiger charge is 2.69. The van der Waals surface area contributed by atoms with Crippen molar-refractivity contribution in [1.82, 2.24) is 4.31 Å². The van der Waals surface area contributed by atoms with Crippen LogP contribution in [-0.2, 0) is 29.1 Å². The molecule has 1 aromatic rings. The standard InChI is InChI=1S/C17H19Cl3N2O6S/c1-16(10-17(16,19)20)15(24)28-9-14(23)21-13-8-11(2-3-12(13)18)29(25,26)22-4-6-27-7-5-22/h2-3,8H,4-7,9-10H2,1H3,(H,21,23)/t16-/m1/s1. The van der Waals surface area contributed by atoms with Gasteiger partial charge in [-0.2, -0.15) is 4.31 Å². The Morgan fingerprint density at radius 1 is 1.28 bits per heavy atom. The molecule has 1 N–H and O–H groups in total. The van der Waals surface area contributed by atoms with Crippen LogP contribution in [0.3, 0.4) is 0 Å². The molecule has 8 nitrogen and oxygen atoms in total. The highest BCUT2D eigenvalue weighted by Crippen LogP contribution is 2.64. The monoisotopic (exact) mass is 484 g/mol. The van der Waals surface area contributed by atoms with Crippen LogP contribution in [0.5, 0.6) is 0 Å². The minimum atomic E-state index is -3.76. The molecule has 1 saturated heterocycles. The minimum absolute atomic E-state index is 0.0179. The van der Waals surface area contributed by atoms with E-state index in [9.17, 15) is 18.0 Å². The summed E-state index contributed by atoms with van der Waals surface area (Å²) >= 11 is 17.9. The van der Waals surface area contributed by atoms with Crippen LogP contribution in [0.2, 0.25) is 5.02 Å². The first-order chi connectivity index (χ1) is 13.5. The topological polar surface area (TPSA) is 102 Å². The van der Waals surface area contributed by atoms with Crippen molar-refractivity contribution in [1.29, 1.82) is 0 Å². The summed E-state index contributed by atoms with van der Waals surface area (Å²) < 4.78 is 35.7. The number of carbonyl (C=O) groups excluding carboxylic acids is 2. The molecular weight excluding hydrogens is 467 g/mol. The number of ether oxygens (including phenoxy) is 2. The summed E-state index contributed by atoms with van der Waals surface area (Å²) in [6.45, 7) is 2.06. The molecule has 0 radical (unpaired) electrons. The van der Waals surface area contributed by atoms with E-state index in [4.69, 9.17) is 44.3 Å². The summed E-state index contributed by atoms with van der Waals surface area (Å²) in [5.41, 5.74) is -0.969. The minimum Gasteiger partial charge on any atom is -0.455 e. The summed E-state index contributed by atoms with van der Waals surface area (Å²) in [6.07, 6.45) is 0.233. The third kappa shape index (κ3) is 4.65. The molecule has 0 spiro atoms. The number of hydrogen-bond donors (Lipinski definition) is 1. The Morgan fingerprint density at radius 3 is 2.48 bits per heavy atom. The second-order valence-electron chi connectivity index (χ2n) is 7.00. The van der Waals surface area contributed by atoms with E-state index >= 15 is 0 Å². The van der Waals surface area contributed by atoms with Gasteiger partial charge in [0.1, 0.15) is 9.75 Å². The van der Waals surface area contributed by atoms with Crippen molar-refractivity contribution in [3.63, 3.8) is 0 Å². The van der Waals surface area contributed by atoms with Crippen molar-refractivity contribution in [3.8, 4) is 0 Å². The van der Waals surface area contributed by atoms with Crippen molar-refractivity contribution in [2.24, 2.45) is 5.41 Å². The lowest BCUT2D eigenvalue weighted by molar-refractivity contribution is -0.152. The molecule has 1 aliphatic heterocycles. The average molecular weight is 486 g/mol. The molecule has 0 unspecified atom stereocenters. The van der Waals surface area contributed by atoms with E-state index < -0.39 is 38.3 Å². The highest BCUT2D eigenvalue weighted by molar-refractivity contribution is 7.89. The Balaban J connectivity index is 1.65. The van der Waals surface area contributed by atoms with Crippen molar-refractivity contribution in [3.05, 3.63) is 23.2 Å². The smallest absolute Gasteiger partial charge is 0.315 e. The number of amides is 1. The Morgan fingerprint density at radius 2 is 1.90 bits per heavy atom. The van der Waals surface area contributed by atoms with Crippen molar-refractivity contribution >= 4 is 62.4 Å². The second-order valence-corrected chi connectivity index (χ2v) is 10.8. The zero-order valence-corrected chi connectivity index (χ0v) is 18.5. The number of sulfonamides is 1. The van der Waals surface area contributed by atoms with Gasteiger partial charge in [0.05, 0.1) is 28.8 Å². The van der Waals surface area contributed by atoms with Crippen LogP contribution in [0, 0.1) is 5.41 Å². The van der Waals surface area contributed by atoms with Gasteiger partial charge in [-0.15, -0.1) is 23.2 Å². The van der Waals surface area contributed by atoms with Gasteiger partial charge in [0, 0.05) is 19.5 Å². The maximum Gasteiger partial charge on any atom is 0.315 e. The van der Waals surface area contributed by atoms with E-state index in [1.165, 1.54) is 22.5 Å². The molecule has 3 rings (SSSR count). The summed E-state index contributed by atoms with van der Waals surface area (Å²) in [6, 6.07) is 3.99. The molecule has 1 atom stereocenters. The van der Waals surface area contributed by atoms with E-state index in [2.05, 4.69) is 5.32 Å². The van der Waals surface area contributed by atoms with Crippen molar-refractivity contribution in [2.75, 3.05) is 38.2 Å². The highest BCUT2D eigenvalue weighted by atomic mass is 35.5. The van der Waals surface area contributed by atoms with Gasteiger partial charge in [-0.1, -0.05) is 11.6 Å². The number of esters is 1. The van der Waals surface area contributed by atoms with Gasteiger partial charge in [-0.25, -0.2) is 8.42 Å². The van der Waals surface area contributed by atoms with E-state index in [1.54, 1.807) is 6.92 Å². The maximum absolute atomic E-state index is 12.8. The number of nitrogens with zero attached hydrogens (tertiary/aromatic N) is 1. The lowest BCUT2D eigenvalue weighted by Crippen LogP contribution is -2.40. The van der Waals surface area contributed by atoms with E-state index in [0.717, 1.165) is 0 Å². The number of alkyl halides is 2. The number of anilines is 1. The number of carbonyl (C=O) groups is 2. The summed E-state index contributed by atoms with van der Waals surface area (Å²) in [4.78, 5) is 24.2. The Hall–Kier alpha value is -1.10. The molecule has 1 saturated carbocycles. The van der Waals surface area contributed by atoms with Gasteiger partial charge in [-0.05, 0) is 25.1 Å². The third-order valence-electron chi connectivity index (χ3n) is 4.86. The van der Waals surface area contributed by atoms with Crippen LogP contribution in [0.4, 0.5) is 5.69 Å². The third-order valence-corrected chi connectivity index (χ3v) is 8.19. The van der Waals surface area contributed by atoms with Crippen LogP contribution < -0.4 is 5.32 Å². The first kappa shape index (κ1) is 22.6. The van der Waals surface area contributed by atoms with E-state index in [-0.39, 0.29) is 35.1 Å². The molecule has 160 valence electrons. The molecule has 1 aliphatic carbocycles. The Kier molecular flexibility index (Phi) is 6.39. The molecule has 12 heteroatoms. The molecular formula is C17H19Cl3N2O6S. The zero-order valence-electron chi connectivity index (χ0n) is 15.4. The van der Waals surface area contributed by atoms with Gasteiger partial charge in [0.25, 0.3) is 5.91 Å². The van der Waals surface area contributed by atoms with Crippen LogP contribution in [0.25, 0.3) is 0 Å². The molecule has 2 fully saturated rings. The van der Waals surface area contributed by atoms with Gasteiger partial charge in [-0.3, -0.25) is 9.59 Å². The van der Waals surface area contributed by atoms with Crippen molar-refractivity contribution < 1.29 is 27.5 Å². The molecule has 1 heterocycles. The van der Waals surface area contributed by atoms with Crippen LogP contribution in [0.15, 0.2) is 23.1 Å². The van der Waals surface area contributed by atoms with E-state index in [0.29, 0.717) is 13.2 Å². The predicted molar refractivity (Wildman–Crippen MR) is 108 cm³/mol. The fraction of sp³-hybridized carbons (Fsp3) is 0.529. The van der Waals surface area contributed by atoms with Crippen LogP contribution in [0.1, 0.15) is 13.3 Å². The quantitative estimate of drug-likeness (QED) is 0.490. The molecule has 2 aliphatic rings. The summed E-state index contributed by atoms with van der Waals surface area (Å²) in [5, 5.41) is 2.59. The molecule has 0 aromatic heterocycles. The number of morpholine rings is 1. The SMILES string of the molecule is C[C@]1(C(=O)OCC(=O)Nc2cc(S(=O)(=O)N3CCOCC3)ccc2Cl)CC1(Cl)Cl. The largest absolute Gasteiger partial charge is 0.455 e. The first-order valence-corrected chi connectivity index (χ1v) is 11.3. The number of rotatable bonds is 6. The van der Waals surface area contributed by atoms with Gasteiger partial charge in [0.2, 0.25) is 10.0 Å². The normalized spacial score (nSPS) is 24.0. The van der Waals surface area contributed by atoms with Crippen LogP contribution >= 0.6 is 34.8 Å². The average Bonchev–Trinajstić information content (AvgIpc) is 3.21. The lowest BCUT2D eigenvalue weighted by Gasteiger charge is -2.26. The summed E-state index contributed by atoms with van der Waals surface area (Å²) in [5.74, 6) is -1.37. The molecule has 1 amide bonds. The molecule has 1 aromatic carbocycles. The van der Waals surface area contributed by atoms with Crippen LogP contribution in [-0.4, -0.2) is 61.8 Å². The molecule has 29 heavy (non-hydrogen) atoms. The lowest BCUT2D eigenvalue weighted by atomic mass is 10.1. The van der Waals surface area contributed by atoms with E-state index in [1.807, 2.05) is 0 Å². The predicted octanol–water partition coefficient (Wildman–Crippen LogP) is 2.43. The number of halogens is 3. The van der Waals surface area contributed by atoms with Gasteiger partial charge < -0.3 is 14.8 Å². The fourth-order valence-corrected chi connectivity index (χ4v) is 5.08. The summed E-state index contributed by atoms with van der Waals surface area (Å²) in [7, 11) is -3.76. The molecule has 0 bridgehead atoms. The number of hydrogen-bond acceptors (Lipinski definition) is 6. The van der Waals surface area contributed by atoms with Crippen molar-refractivity contribution in [2.45, 2.75) is 22.6 Å². The van der Waals surface area contributed by atoms with Gasteiger partial charge in [0.15, 0.2) is 6.61 Å². The maximum atomic E-state index is 12.8. The fourth-order valence-electron chi connectivity index (χ4n) is 2.79. The first-order valence-electron chi connectivity index (χ1n) is 8.70. The second kappa shape index (κ2) is 8.20. The Bertz CT molecular complexity index is 933. The zero-order chi connectivity index (χ0) is 21.4. The number of benzene rings is 1. The van der Waals surface area contributed by atoms with Gasteiger partial charge >= 0.3 is 5.97 Å². The Labute approximate surface area is 183 Å².